The van der Waals surface area contributed by atoms with Crippen LogP contribution in [0.15, 0.2) is 0 Å². The predicted octanol–water partition coefficient (Wildman–Crippen LogP) is 1.32. The Morgan fingerprint density at radius 1 is 1.25 bits per heavy atom. The van der Waals surface area contributed by atoms with E-state index in [9.17, 15) is 14.7 Å². The number of nitrogens with zero attached hydrogens (tertiary/aromatic N) is 1. The Hall–Kier alpha value is -0.900. The van der Waals surface area contributed by atoms with Gasteiger partial charge in [0.1, 0.15) is 0 Å². The van der Waals surface area contributed by atoms with Crippen molar-refractivity contribution in [1.29, 1.82) is 0 Å². The van der Waals surface area contributed by atoms with Gasteiger partial charge in [-0.05, 0) is 18.8 Å². The van der Waals surface area contributed by atoms with Crippen LogP contribution in [0.5, 0.6) is 0 Å². The summed E-state index contributed by atoms with van der Waals surface area (Å²) in [5.74, 6) is -0.149. The van der Waals surface area contributed by atoms with E-state index < -0.39 is 5.54 Å². The number of aliphatic hydroxyl groups is 1. The van der Waals surface area contributed by atoms with Crippen molar-refractivity contribution in [2.45, 2.75) is 52.0 Å². The monoisotopic (exact) mass is 227 g/mol. The molecule has 1 aliphatic heterocycles. The molecule has 1 N–H and O–H groups in total. The summed E-state index contributed by atoms with van der Waals surface area (Å²) in [7, 11) is 0. The average Bonchev–Trinajstić information content (AvgIpc) is 2.23. The van der Waals surface area contributed by atoms with Crippen LogP contribution in [0.1, 0.15) is 46.5 Å². The van der Waals surface area contributed by atoms with Crippen molar-refractivity contribution in [3.63, 3.8) is 0 Å². The fourth-order valence-corrected chi connectivity index (χ4v) is 2.38. The van der Waals surface area contributed by atoms with E-state index in [1.54, 1.807) is 0 Å². The van der Waals surface area contributed by atoms with Gasteiger partial charge in [-0.25, -0.2) is 0 Å². The SMILES string of the molecule is CCC(CC)(CO)N1C(=O)CC(C)CC1=O. The summed E-state index contributed by atoms with van der Waals surface area (Å²) in [5.41, 5.74) is -0.686. The number of imide groups is 1. The Morgan fingerprint density at radius 3 is 2.00 bits per heavy atom. The first-order chi connectivity index (χ1) is 7.50. The van der Waals surface area contributed by atoms with Crippen LogP contribution in [0.4, 0.5) is 0 Å². The molecule has 0 radical (unpaired) electrons. The van der Waals surface area contributed by atoms with Crippen LogP contribution in [-0.4, -0.2) is 34.0 Å². The molecule has 1 heterocycles. The smallest absolute Gasteiger partial charge is 0.230 e. The molecule has 1 rings (SSSR count). The molecule has 0 aromatic rings. The minimum Gasteiger partial charge on any atom is -0.394 e. The topological polar surface area (TPSA) is 57.6 Å². The second kappa shape index (κ2) is 4.95. The maximum atomic E-state index is 11.9. The van der Waals surface area contributed by atoms with Gasteiger partial charge in [0, 0.05) is 12.8 Å². The van der Waals surface area contributed by atoms with Crippen molar-refractivity contribution in [2.75, 3.05) is 6.61 Å². The quantitative estimate of drug-likeness (QED) is 0.737. The molecule has 0 bridgehead atoms. The van der Waals surface area contributed by atoms with Gasteiger partial charge in [-0.2, -0.15) is 0 Å². The summed E-state index contributed by atoms with van der Waals surface area (Å²) in [6.45, 7) is 5.56. The second-order valence-electron chi connectivity index (χ2n) is 4.73. The standard InChI is InChI=1S/C12H21NO3/c1-4-12(5-2,8-14)13-10(15)6-9(3)7-11(13)16/h9,14H,4-8H2,1-3H3. The number of rotatable bonds is 4. The fraction of sp³-hybridized carbons (Fsp3) is 0.833. The van der Waals surface area contributed by atoms with Crippen LogP contribution >= 0.6 is 0 Å². The Balaban J connectivity index is 3.00. The van der Waals surface area contributed by atoms with Gasteiger partial charge in [-0.3, -0.25) is 14.5 Å². The molecule has 0 spiro atoms. The maximum absolute atomic E-state index is 11.9. The first-order valence-electron chi connectivity index (χ1n) is 5.97. The lowest BCUT2D eigenvalue weighted by Gasteiger charge is -2.43. The van der Waals surface area contributed by atoms with Crippen molar-refractivity contribution in [1.82, 2.24) is 4.90 Å². The highest BCUT2D eigenvalue weighted by atomic mass is 16.3. The summed E-state index contributed by atoms with van der Waals surface area (Å²) in [6, 6.07) is 0. The fourth-order valence-electron chi connectivity index (χ4n) is 2.38. The van der Waals surface area contributed by atoms with Gasteiger partial charge in [0.05, 0.1) is 12.1 Å². The molecule has 0 aliphatic carbocycles. The normalized spacial score (nSPS) is 19.4. The predicted molar refractivity (Wildman–Crippen MR) is 60.6 cm³/mol. The molecular weight excluding hydrogens is 206 g/mol. The third kappa shape index (κ3) is 2.12. The number of aliphatic hydroxyl groups excluding tert-OH is 1. The molecule has 0 aromatic carbocycles. The molecule has 2 amide bonds. The minimum atomic E-state index is -0.686. The Morgan fingerprint density at radius 2 is 1.69 bits per heavy atom. The van der Waals surface area contributed by atoms with Gasteiger partial charge < -0.3 is 5.11 Å². The Kier molecular flexibility index (Phi) is 4.08. The molecule has 1 saturated heterocycles. The molecule has 16 heavy (non-hydrogen) atoms. The summed E-state index contributed by atoms with van der Waals surface area (Å²) in [6.07, 6.45) is 2.03. The number of piperidine rings is 1. The van der Waals surface area contributed by atoms with E-state index in [2.05, 4.69) is 0 Å². The number of carbonyl (C=O) groups excluding carboxylic acids is 2. The van der Waals surface area contributed by atoms with Crippen molar-refractivity contribution in [3.8, 4) is 0 Å². The van der Waals surface area contributed by atoms with Gasteiger partial charge in [0.25, 0.3) is 0 Å². The summed E-state index contributed by atoms with van der Waals surface area (Å²) < 4.78 is 0. The van der Waals surface area contributed by atoms with Crippen molar-refractivity contribution in [3.05, 3.63) is 0 Å². The summed E-state index contributed by atoms with van der Waals surface area (Å²) in [5, 5.41) is 9.48. The molecule has 92 valence electrons. The zero-order valence-corrected chi connectivity index (χ0v) is 10.3. The van der Waals surface area contributed by atoms with Gasteiger partial charge in [-0.15, -0.1) is 0 Å². The highest BCUT2D eigenvalue weighted by Gasteiger charge is 2.43. The van der Waals surface area contributed by atoms with E-state index in [0.717, 1.165) is 0 Å². The minimum absolute atomic E-state index is 0.126. The zero-order chi connectivity index (χ0) is 12.3. The molecular formula is C12H21NO3. The van der Waals surface area contributed by atoms with E-state index in [1.165, 1.54) is 4.90 Å². The largest absolute Gasteiger partial charge is 0.394 e. The molecule has 4 nitrogen and oxygen atoms in total. The molecule has 4 heteroatoms. The highest BCUT2D eigenvalue weighted by Crippen LogP contribution is 2.30. The average molecular weight is 227 g/mol. The third-order valence-corrected chi connectivity index (χ3v) is 3.63. The number of hydrogen-bond donors (Lipinski definition) is 1. The van der Waals surface area contributed by atoms with Crippen LogP contribution in [0.2, 0.25) is 0 Å². The molecule has 1 fully saturated rings. The first kappa shape index (κ1) is 13.2. The van der Waals surface area contributed by atoms with Crippen LogP contribution in [-0.2, 0) is 9.59 Å². The summed E-state index contributed by atoms with van der Waals surface area (Å²) in [4.78, 5) is 25.2. The Bertz CT molecular complexity index is 258. The lowest BCUT2D eigenvalue weighted by atomic mass is 9.86. The number of amides is 2. The van der Waals surface area contributed by atoms with Gasteiger partial charge >= 0.3 is 0 Å². The van der Waals surface area contributed by atoms with Crippen molar-refractivity contribution < 1.29 is 14.7 Å². The molecule has 0 saturated carbocycles. The van der Waals surface area contributed by atoms with Crippen molar-refractivity contribution in [2.24, 2.45) is 5.92 Å². The molecule has 0 aromatic heterocycles. The van der Waals surface area contributed by atoms with Crippen LogP contribution < -0.4 is 0 Å². The maximum Gasteiger partial charge on any atom is 0.230 e. The zero-order valence-electron chi connectivity index (χ0n) is 10.3. The van der Waals surface area contributed by atoms with Crippen LogP contribution in [0.25, 0.3) is 0 Å². The number of likely N-dealkylation sites (tertiary alicyclic amines) is 1. The van der Waals surface area contributed by atoms with Gasteiger partial charge in [0.2, 0.25) is 11.8 Å². The first-order valence-corrected chi connectivity index (χ1v) is 5.97. The lowest BCUT2D eigenvalue weighted by molar-refractivity contribution is -0.160. The van der Waals surface area contributed by atoms with Crippen molar-refractivity contribution >= 4 is 11.8 Å². The van der Waals surface area contributed by atoms with Gasteiger partial charge in [0.15, 0.2) is 0 Å². The molecule has 0 atom stereocenters. The molecule has 0 unspecified atom stereocenters. The van der Waals surface area contributed by atoms with E-state index in [-0.39, 0.29) is 24.3 Å². The lowest BCUT2D eigenvalue weighted by Crippen LogP contribution is -2.58. The second-order valence-corrected chi connectivity index (χ2v) is 4.73. The Labute approximate surface area is 96.6 Å². The summed E-state index contributed by atoms with van der Waals surface area (Å²) >= 11 is 0. The third-order valence-electron chi connectivity index (χ3n) is 3.63. The number of hydrogen-bond acceptors (Lipinski definition) is 3. The van der Waals surface area contributed by atoms with E-state index in [1.807, 2.05) is 20.8 Å². The molecule has 1 aliphatic rings. The van der Waals surface area contributed by atoms with E-state index in [0.29, 0.717) is 25.7 Å². The number of carbonyl (C=O) groups is 2. The van der Waals surface area contributed by atoms with E-state index >= 15 is 0 Å². The van der Waals surface area contributed by atoms with Crippen LogP contribution in [0.3, 0.4) is 0 Å². The van der Waals surface area contributed by atoms with Gasteiger partial charge in [-0.1, -0.05) is 20.8 Å². The highest BCUT2D eigenvalue weighted by molar-refractivity contribution is 5.98. The van der Waals surface area contributed by atoms with Crippen LogP contribution in [0, 0.1) is 5.92 Å². The van der Waals surface area contributed by atoms with E-state index in [4.69, 9.17) is 0 Å².